The molecule has 0 aliphatic rings. The van der Waals surface area contributed by atoms with Crippen molar-refractivity contribution in [2.45, 2.75) is 0 Å². The van der Waals surface area contributed by atoms with Gasteiger partial charge in [-0.2, -0.15) is 0 Å². The summed E-state index contributed by atoms with van der Waals surface area (Å²) < 4.78 is 5.01. The molecule has 10 aromatic carbocycles. The fraction of sp³-hybridized carbons (Fsp3) is 0. The molecule has 0 fully saturated rings. The molecule has 2 heterocycles. The molecule has 286 valence electrons. The number of thiophene rings is 1. The highest BCUT2D eigenvalue weighted by Gasteiger charge is 2.25. The number of nitrogens with zero attached hydrogens (tertiary/aromatic N) is 2. The fourth-order valence-corrected chi connectivity index (χ4v) is 10.7. The van der Waals surface area contributed by atoms with Gasteiger partial charge in [-0.05, 0) is 87.6 Å². The zero-order valence-corrected chi connectivity index (χ0v) is 34.1. The lowest BCUT2D eigenvalue weighted by molar-refractivity contribution is 1.18. The Morgan fingerprint density at radius 3 is 1.70 bits per heavy atom. The molecule has 0 saturated carbocycles. The molecule has 0 bridgehead atoms. The normalized spacial score (nSPS) is 11.6. The van der Waals surface area contributed by atoms with E-state index in [1.807, 2.05) is 11.3 Å². The van der Waals surface area contributed by atoms with Gasteiger partial charge in [0.25, 0.3) is 0 Å². The maximum absolute atomic E-state index is 2.49. The number of benzene rings is 10. The monoisotopic (exact) mass is 794 g/mol. The zero-order valence-electron chi connectivity index (χ0n) is 33.2. The predicted molar refractivity (Wildman–Crippen MR) is 262 cm³/mol. The Kier molecular flexibility index (Phi) is 8.39. The van der Waals surface area contributed by atoms with E-state index in [1.165, 1.54) is 86.1 Å². The number of fused-ring (bicyclic) bond motifs is 7. The van der Waals surface area contributed by atoms with Gasteiger partial charge in [0.05, 0.1) is 22.4 Å². The van der Waals surface area contributed by atoms with Gasteiger partial charge >= 0.3 is 0 Å². The molecule has 0 saturated heterocycles. The third kappa shape index (κ3) is 5.85. The van der Waals surface area contributed by atoms with Crippen LogP contribution in [0.15, 0.2) is 231 Å². The second-order valence-electron chi connectivity index (χ2n) is 15.7. The quantitative estimate of drug-likeness (QED) is 0.156. The van der Waals surface area contributed by atoms with Crippen LogP contribution in [-0.4, -0.2) is 4.57 Å². The van der Waals surface area contributed by atoms with Gasteiger partial charge in [0.15, 0.2) is 0 Å². The van der Waals surface area contributed by atoms with E-state index < -0.39 is 0 Å². The molecule has 2 nitrogen and oxygen atoms in total. The third-order valence-electron chi connectivity index (χ3n) is 12.2. The highest BCUT2D eigenvalue weighted by Crippen LogP contribution is 2.51. The number of rotatable bonds is 7. The number of aromatic nitrogens is 1. The molecule has 12 rings (SSSR count). The molecular formula is C58H38N2S. The van der Waals surface area contributed by atoms with Crippen molar-refractivity contribution in [1.29, 1.82) is 0 Å². The lowest BCUT2D eigenvalue weighted by Crippen LogP contribution is -2.12. The fourth-order valence-electron chi connectivity index (χ4n) is 9.46. The van der Waals surface area contributed by atoms with E-state index in [9.17, 15) is 0 Å². The maximum Gasteiger partial charge on any atom is 0.0555 e. The van der Waals surface area contributed by atoms with Gasteiger partial charge in [-0.3, -0.25) is 0 Å². The topological polar surface area (TPSA) is 8.17 Å². The van der Waals surface area contributed by atoms with E-state index in [0.717, 1.165) is 22.7 Å². The first kappa shape index (κ1) is 35.2. The van der Waals surface area contributed by atoms with Crippen LogP contribution in [0.3, 0.4) is 0 Å². The molecule has 12 aromatic rings. The minimum atomic E-state index is 1.09. The molecule has 0 N–H and O–H groups in total. The average molecular weight is 795 g/mol. The van der Waals surface area contributed by atoms with Crippen LogP contribution in [0.2, 0.25) is 0 Å². The lowest BCUT2D eigenvalue weighted by Gasteiger charge is -2.30. The standard InChI is InChI=1S/C58H38N2S/c1-2-17-39(18-3-1)41-21-14-23-43(37-41)59(44-24-15-22-42(38-44)46-30-16-20-40-19-4-5-25-45(40)46)55-36-35-50-49-28-9-13-34-56(49)61-58(50)57(55)51-29-8-12-33-54(51)60-52-31-10-6-26-47(52)48-27-7-11-32-53(48)60/h1-38H. The van der Waals surface area contributed by atoms with Crippen LogP contribution in [0.1, 0.15) is 0 Å². The second-order valence-corrected chi connectivity index (χ2v) is 16.7. The summed E-state index contributed by atoms with van der Waals surface area (Å²) in [5, 5.41) is 7.51. The second kappa shape index (κ2) is 14.5. The molecule has 0 radical (unpaired) electrons. The summed E-state index contributed by atoms with van der Waals surface area (Å²) in [5.41, 5.74) is 14.0. The van der Waals surface area contributed by atoms with Crippen LogP contribution in [0, 0.1) is 0 Å². The Morgan fingerprint density at radius 2 is 0.918 bits per heavy atom. The molecule has 2 aromatic heterocycles. The van der Waals surface area contributed by atoms with Gasteiger partial charge in [-0.1, -0.05) is 176 Å². The Morgan fingerprint density at radius 1 is 0.361 bits per heavy atom. The minimum absolute atomic E-state index is 1.09. The molecule has 0 spiro atoms. The Balaban J connectivity index is 1.18. The van der Waals surface area contributed by atoms with Crippen LogP contribution < -0.4 is 4.90 Å². The van der Waals surface area contributed by atoms with Crippen molar-refractivity contribution < 1.29 is 0 Å². The first-order valence-corrected chi connectivity index (χ1v) is 21.7. The summed E-state index contributed by atoms with van der Waals surface area (Å²) in [5.74, 6) is 0. The van der Waals surface area contributed by atoms with Crippen molar-refractivity contribution in [3.05, 3.63) is 231 Å². The van der Waals surface area contributed by atoms with Crippen LogP contribution in [-0.2, 0) is 0 Å². The maximum atomic E-state index is 2.49. The van der Waals surface area contributed by atoms with Crippen molar-refractivity contribution in [3.8, 4) is 39.1 Å². The van der Waals surface area contributed by atoms with Crippen molar-refractivity contribution in [3.63, 3.8) is 0 Å². The smallest absolute Gasteiger partial charge is 0.0555 e. The summed E-state index contributed by atoms with van der Waals surface area (Å²) >= 11 is 1.88. The van der Waals surface area contributed by atoms with Gasteiger partial charge in [-0.25, -0.2) is 0 Å². The van der Waals surface area contributed by atoms with Crippen LogP contribution in [0.5, 0.6) is 0 Å². The average Bonchev–Trinajstić information content (AvgIpc) is 3.88. The predicted octanol–water partition coefficient (Wildman–Crippen LogP) is 16.8. The van der Waals surface area contributed by atoms with Crippen molar-refractivity contribution >= 4 is 81.1 Å². The Bertz CT molecular complexity index is 3550. The summed E-state index contributed by atoms with van der Waals surface area (Å²) in [6, 6.07) is 84.3. The Labute approximate surface area is 358 Å². The van der Waals surface area contributed by atoms with E-state index >= 15 is 0 Å². The summed E-state index contributed by atoms with van der Waals surface area (Å²) in [7, 11) is 0. The van der Waals surface area contributed by atoms with E-state index in [1.54, 1.807) is 0 Å². The van der Waals surface area contributed by atoms with Crippen LogP contribution in [0.4, 0.5) is 17.1 Å². The molecule has 61 heavy (non-hydrogen) atoms. The van der Waals surface area contributed by atoms with Crippen molar-refractivity contribution in [1.82, 2.24) is 4.57 Å². The van der Waals surface area contributed by atoms with Crippen molar-refractivity contribution in [2.24, 2.45) is 0 Å². The highest BCUT2D eigenvalue weighted by molar-refractivity contribution is 7.26. The van der Waals surface area contributed by atoms with E-state index in [2.05, 4.69) is 240 Å². The van der Waals surface area contributed by atoms with E-state index in [4.69, 9.17) is 0 Å². The molecule has 3 heteroatoms. The van der Waals surface area contributed by atoms with Gasteiger partial charge in [0.2, 0.25) is 0 Å². The highest BCUT2D eigenvalue weighted by atomic mass is 32.1. The zero-order chi connectivity index (χ0) is 40.3. The summed E-state index contributed by atoms with van der Waals surface area (Å²) in [6.45, 7) is 0. The number of hydrogen-bond donors (Lipinski definition) is 0. The molecule has 0 amide bonds. The Hall–Kier alpha value is -7.72. The summed E-state index contributed by atoms with van der Waals surface area (Å²) in [6.07, 6.45) is 0. The van der Waals surface area contributed by atoms with Gasteiger partial charge in [0.1, 0.15) is 0 Å². The molecule has 0 aliphatic heterocycles. The minimum Gasteiger partial charge on any atom is -0.310 e. The first-order valence-electron chi connectivity index (χ1n) is 20.8. The summed E-state index contributed by atoms with van der Waals surface area (Å²) in [4.78, 5) is 2.49. The largest absolute Gasteiger partial charge is 0.310 e. The van der Waals surface area contributed by atoms with Crippen LogP contribution >= 0.6 is 11.3 Å². The SMILES string of the molecule is c1ccc(-c2cccc(N(c3cccc(-c4cccc5ccccc45)c3)c3ccc4c(sc5ccccc54)c3-c3ccccc3-n3c4ccccc4c4ccccc43)c2)cc1. The first-order chi connectivity index (χ1) is 30.3. The molecule has 0 aliphatic carbocycles. The van der Waals surface area contributed by atoms with Crippen LogP contribution in [0.25, 0.3) is 91.8 Å². The number of hydrogen-bond acceptors (Lipinski definition) is 2. The lowest BCUT2D eigenvalue weighted by atomic mass is 9.95. The number of anilines is 3. The molecule has 0 atom stereocenters. The van der Waals surface area contributed by atoms with E-state index in [-0.39, 0.29) is 0 Å². The third-order valence-corrected chi connectivity index (χ3v) is 13.4. The van der Waals surface area contributed by atoms with E-state index in [0.29, 0.717) is 0 Å². The van der Waals surface area contributed by atoms with Gasteiger partial charge < -0.3 is 9.47 Å². The van der Waals surface area contributed by atoms with Crippen molar-refractivity contribution in [2.75, 3.05) is 4.90 Å². The molecular weight excluding hydrogens is 757 g/mol. The van der Waals surface area contributed by atoms with Gasteiger partial charge in [-0.15, -0.1) is 11.3 Å². The van der Waals surface area contributed by atoms with Gasteiger partial charge in [0, 0.05) is 53.4 Å². The molecule has 0 unspecified atom stereocenters. The number of para-hydroxylation sites is 3.